The van der Waals surface area contributed by atoms with Crippen LogP contribution in [0.1, 0.15) is 87.5 Å². The van der Waals surface area contributed by atoms with Crippen molar-refractivity contribution in [3.05, 3.63) is 0 Å². The Bertz CT molecular complexity index is 258. The Hall–Kier alpha value is -0.150. The summed E-state index contributed by atoms with van der Waals surface area (Å²) in [6.07, 6.45) is 7.88. The molecule has 0 amide bonds. The minimum atomic E-state index is -0.190. The maximum atomic E-state index is 12.1. The summed E-state index contributed by atoms with van der Waals surface area (Å²) < 4.78 is 17.1. The van der Waals surface area contributed by atoms with E-state index in [-0.39, 0.29) is 14.1 Å². The summed E-state index contributed by atoms with van der Waals surface area (Å²) in [6, 6.07) is 0. The Kier molecular flexibility index (Phi) is 19.7. The van der Waals surface area contributed by atoms with E-state index in [9.17, 15) is 4.39 Å². The van der Waals surface area contributed by atoms with Crippen LogP contribution in [0.2, 0.25) is 0 Å². The fraction of sp³-hybridized carbons (Fsp3) is 1.00. The summed E-state index contributed by atoms with van der Waals surface area (Å²) >= 11 is 0. The molecule has 2 saturated heterocycles. The van der Waals surface area contributed by atoms with Gasteiger partial charge in [0.2, 0.25) is 0 Å². The molecule has 0 bridgehead atoms. The molecule has 2 nitrogen and oxygen atoms in total. The first-order valence-electron chi connectivity index (χ1n) is 10.7. The molecule has 1 unspecified atom stereocenters. The zero-order valence-corrected chi connectivity index (χ0v) is 18.0. The molecule has 2 heterocycles. The monoisotopic (exact) mass is 375 g/mol. The Labute approximate surface area is 165 Å². The zero-order chi connectivity index (χ0) is 19.1. The third-order valence-corrected chi connectivity index (χ3v) is 4.91. The quantitative estimate of drug-likeness (QED) is 0.522. The van der Waals surface area contributed by atoms with Crippen LogP contribution in [0.4, 0.5) is 4.39 Å². The fourth-order valence-corrected chi connectivity index (χ4v) is 3.59. The molecule has 0 aromatic heterocycles. The van der Waals surface area contributed by atoms with Gasteiger partial charge < -0.3 is 9.64 Å². The molecular formula is C23H50FNO. The molecule has 2 rings (SSSR count). The summed E-state index contributed by atoms with van der Waals surface area (Å²) in [5, 5.41) is 0. The van der Waals surface area contributed by atoms with E-state index in [1.165, 1.54) is 38.5 Å². The van der Waals surface area contributed by atoms with Gasteiger partial charge in [-0.25, -0.2) is 4.39 Å². The third kappa shape index (κ3) is 17.3. The smallest absolute Gasteiger partial charge is 0.102 e. The summed E-state index contributed by atoms with van der Waals surface area (Å²) in [4.78, 5) is 2.26. The number of nitrogens with zero attached hydrogens (tertiary/aromatic N) is 1. The molecule has 0 aliphatic carbocycles. The van der Waals surface area contributed by atoms with Crippen molar-refractivity contribution in [1.29, 1.82) is 0 Å². The molecule has 160 valence electrons. The van der Waals surface area contributed by atoms with E-state index in [4.69, 9.17) is 4.74 Å². The van der Waals surface area contributed by atoms with Crippen LogP contribution in [0.25, 0.3) is 0 Å². The summed E-state index contributed by atoms with van der Waals surface area (Å²) in [6.45, 7) is 18.3. The second kappa shape index (κ2) is 18.2. The van der Waals surface area contributed by atoms with Crippen molar-refractivity contribution >= 4 is 0 Å². The lowest BCUT2D eigenvalue weighted by Gasteiger charge is -2.34. The van der Waals surface area contributed by atoms with Gasteiger partial charge in [0.15, 0.2) is 0 Å². The maximum absolute atomic E-state index is 12.1. The second-order valence-corrected chi connectivity index (χ2v) is 8.83. The fourth-order valence-electron chi connectivity index (χ4n) is 3.59. The number of ether oxygens (including phenoxy) is 1. The third-order valence-electron chi connectivity index (χ3n) is 4.91. The van der Waals surface area contributed by atoms with Crippen molar-refractivity contribution in [2.75, 3.05) is 39.5 Å². The number of rotatable bonds is 5. The normalized spacial score (nSPS) is 20.8. The predicted octanol–water partition coefficient (Wildman–Crippen LogP) is 6.84. The van der Waals surface area contributed by atoms with Crippen LogP contribution >= 0.6 is 0 Å². The highest BCUT2D eigenvalue weighted by atomic mass is 19.1. The Morgan fingerprint density at radius 3 is 1.81 bits per heavy atom. The van der Waals surface area contributed by atoms with Crippen LogP contribution in [-0.4, -0.2) is 44.4 Å². The summed E-state index contributed by atoms with van der Waals surface area (Å²) in [5.74, 6) is 3.30. The number of piperidine rings is 1. The number of alkyl halides is 1. The van der Waals surface area contributed by atoms with Gasteiger partial charge in [-0.05, 0) is 68.7 Å². The molecule has 2 aliphatic rings. The van der Waals surface area contributed by atoms with Gasteiger partial charge in [0.1, 0.15) is 6.67 Å². The molecule has 1 atom stereocenters. The lowest BCUT2D eigenvalue weighted by molar-refractivity contribution is 0.0968. The minimum absolute atomic E-state index is 0. The van der Waals surface area contributed by atoms with Crippen LogP contribution in [0.3, 0.4) is 0 Å². The molecule has 2 fully saturated rings. The van der Waals surface area contributed by atoms with E-state index >= 15 is 0 Å². The maximum Gasteiger partial charge on any atom is 0.102 e. The molecule has 0 aromatic carbocycles. The number of likely N-dealkylation sites (tertiary alicyclic amines) is 1. The molecule has 0 aromatic rings. The van der Waals surface area contributed by atoms with Gasteiger partial charge in [-0.15, -0.1) is 0 Å². The second-order valence-electron chi connectivity index (χ2n) is 8.83. The van der Waals surface area contributed by atoms with E-state index in [2.05, 4.69) is 46.4 Å². The average molecular weight is 376 g/mol. The lowest BCUT2D eigenvalue weighted by Crippen LogP contribution is -2.38. The first kappa shape index (κ1) is 28.1. The first-order valence-corrected chi connectivity index (χ1v) is 10.7. The number of halogens is 1. The van der Waals surface area contributed by atoms with Crippen LogP contribution in [0, 0.1) is 23.7 Å². The van der Waals surface area contributed by atoms with Crippen molar-refractivity contribution in [3.8, 4) is 0 Å². The van der Waals surface area contributed by atoms with Crippen LogP contribution in [0.5, 0.6) is 0 Å². The lowest BCUT2D eigenvalue weighted by atomic mass is 9.88. The van der Waals surface area contributed by atoms with Crippen molar-refractivity contribution in [2.24, 2.45) is 23.7 Å². The van der Waals surface area contributed by atoms with Crippen molar-refractivity contribution in [3.63, 3.8) is 0 Å². The summed E-state index contributed by atoms with van der Waals surface area (Å²) in [5.41, 5.74) is 0. The van der Waals surface area contributed by atoms with E-state index in [1.54, 1.807) is 0 Å². The molecule has 26 heavy (non-hydrogen) atoms. The Morgan fingerprint density at radius 2 is 1.50 bits per heavy atom. The van der Waals surface area contributed by atoms with E-state index < -0.39 is 0 Å². The molecule has 0 N–H and O–H groups in total. The Balaban J connectivity index is 0. The molecule has 0 radical (unpaired) electrons. The summed E-state index contributed by atoms with van der Waals surface area (Å²) in [7, 11) is 0. The Morgan fingerprint density at radius 1 is 0.923 bits per heavy atom. The average Bonchev–Trinajstić information content (AvgIpc) is 2.57. The van der Waals surface area contributed by atoms with Crippen molar-refractivity contribution in [2.45, 2.75) is 87.5 Å². The highest BCUT2D eigenvalue weighted by Gasteiger charge is 2.21. The van der Waals surface area contributed by atoms with Crippen molar-refractivity contribution < 1.29 is 9.13 Å². The molecule has 0 spiro atoms. The SMILES string of the molecule is C.C1CCOCC1.CC(C)C1CCCN(CCF)C1.CC(C)CC(C)C. The van der Waals surface area contributed by atoms with E-state index in [0.717, 1.165) is 50.0 Å². The molecule has 0 saturated carbocycles. The van der Waals surface area contributed by atoms with E-state index in [1.807, 2.05) is 0 Å². The van der Waals surface area contributed by atoms with Crippen LogP contribution in [-0.2, 0) is 4.74 Å². The topological polar surface area (TPSA) is 12.5 Å². The van der Waals surface area contributed by atoms with E-state index in [0.29, 0.717) is 6.54 Å². The van der Waals surface area contributed by atoms with Crippen molar-refractivity contribution in [1.82, 2.24) is 4.90 Å². The highest BCUT2D eigenvalue weighted by Crippen LogP contribution is 2.22. The van der Waals surface area contributed by atoms with Crippen LogP contribution < -0.4 is 0 Å². The number of hydrogen-bond acceptors (Lipinski definition) is 2. The van der Waals surface area contributed by atoms with Gasteiger partial charge >= 0.3 is 0 Å². The van der Waals surface area contributed by atoms with Gasteiger partial charge in [0, 0.05) is 26.3 Å². The number of hydrogen-bond donors (Lipinski definition) is 0. The van der Waals surface area contributed by atoms with Gasteiger partial charge in [-0.2, -0.15) is 0 Å². The van der Waals surface area contributed by atoms with Gasteiger partial charge in [0.25, 0.3) is 0 Å². The standard InChI is InChI=1S/C10H20FN.C7H16.C5H10O.CH4/c1-9(2)10-4-3-6-12(8-10)7-5-11;1-6(2)5-7(3)4;1-2-4-6-5-3-1;/h9-10H,3-8H2,1-2H3;6-7H,5H2,1-4H3;1-5H2;1H4. The zero-order valence-electron chi connectivity index (χ0n) is 18.0. The van der Waals surface area contributed by atoms with Crippen LogP contribution in [0.15, 0.2) is 0 Å². The van der Waals surface area contributed by atoms with Gasteiger partial charge in [0.05, 0.1) is 0 Å². The van der Waals surface area contributed by atoms with Gasteiger partial charge in [-0.1, -0.05) is 49.0 Å². The molecular weight excluding hydrogens is 325 g/mol. The van der Waals surface area contributed by atoms with Gasteiger partial charge in [-0.3, -0.25) is 0 Å². The minimum Gasteiger partial charge on any atom is -0.381 e. The highest BCUT2D eigenvalue weighted by molar-refractivity contribution is 4.74. The molecule has 2 aliphatic heterocycles. The first-order chi connectivity index (χ1) is 11.9. The predicted molar refractivity (Wildman–Crippen MR) is 116 cm³/mol. The molecule has 3 heteroatoms. The largest absolute Gasteiger partial charge is 0.381 e.